The number of carbonyl (C=O) groups is 1. The number of aryl methyl sites for hydroxylation is 1. The molecule has 0 saturated heterocycles. The van der Waals surface area contributed by atoms with Gasteiger partial charge in [-0.25, -0.2) is 4.98 Å². The number of benzene rings is 1. The van der Waals surface area contributed by atoms with Gasteiger partial charge < -0.3 is 5.32 Å². The molecule has 3 aromatic rings. The van der Waals surface area contributed by atoms with Crippen molar-refractivity contribution < 1.29 is 4.79 Å². The van der Waals surface area contributed by atoms with Crippen LogP contribution in [0.2, 0.25) is 0 Å². The molecule has 3 rings (SSSR count). The molecule has 2 N–H and O–H groups in total. The third-order valence-electron chi connectivity index (χ3n) is 3.36. The van der Waals surface area contributed by atoms with Crippen molar-refractivity contribution in [2.75, 3.05) is 5.32 Å². The number of amides is 1. The quantitative estimate of drug-likeness (QED) is 0.697. The summed E-state index contributed by atoms with van der Waals surface area (Å²) < 4.78 is 0. The number of aromatic nitrogens is 4. The Morgan fingerprint density at radius 1 is 1.25 bits per heavy atom. The fraction of sp³-hybridized carbons (Fsp3) is 0.176. The van der Waals surface area contributed by atoms with Crippen molar-refractivity contribution >= 4 is 23.4 Å². The van der Waals surface area contributed by atoms with E-state index < -0.39 is 0 Å². The highest BCUT2D eigenvalue weighted by atomic mass is 32.2. The van der Waals surface area contributed by atoms with Gasteiger partial charge in [-0.1, -0.05) is 23.9 Å². The molecular weight excluding hydrogens is 322 g/mol. The molecule has 1 amide bonds. The maximum Gasteiger partial charge on any atom is 0.237 e. The van der Waals surface area contributed by atoms with Crippen LogP contribution in [0.15, 0.2) is 53.9 Å². The second-order valence-corrected chi connectivity index (χ2v) is 6.63. The van der Waals surface area contributed by atoms with Crippen LogP contribution >= 0.6 is 11.8 Å². The molecule has 0 aliphatic carbocycles. The number of hydrogen-bond donors (Lipinski definition) is 2. The van der Waals surface area contributed by atoms with E-state index >= 15 is 0 Å². The lowest BCUT2D eigenvalue weighted by molar-refractivity contribution is -0.115. The summed E-state index contributed by atoms with van der Waals surface area (Å²) in [6.07, 6.45) is 3.39. The van der Waals surface area contributed by atoms with Gasteiger partial charge in [0, 0.05) is 23.6 Å². The minimum absolute atomic E-state index is 0.0825. The Morgan fingerprint density at radius 3 is 2.79 bits per heavy atom. The van der Waals surface area contributed by atoms with Crippen LogP contribution in [0.25, 0.3) is 11.4 Å². The van der Waals surface area contributed by atoms with Crippen LogP contribution in [-0.2, 0) is 4.79 Å². The Balaban J connectivity index is 1.63. The highest BCUT2D eigenvalue weighted by Gasteiger charge is 2.17. The third kappa shape index (κ3) is 3.99. The van der Waals surface area contributed by atoms with E-state index in [1.807, 2.05) is 50.2 Å². The first-order chi connectivity index (χ1) is 11.6. The van der Waals surface area contributed by atoms with Crippen LogP contribution in [0.5, 0.6) is 0 Å². The second-order valence-electron chi connectivity index (χ2n) is 5.32. The lowest BCUT2D eigenvalue weighted by atomic mass is 10.2. The Hall–Kier alpha value is -2.67. The summed E-state index contributed by atoms with van der Waals surface area (Å²) in [6.45, 7) is 3.82. The SMILES string of the molecule is Cc1cccc(NC(=O)[C@@H](C)Sc2n[nH]c(-c3ccncc3)n2)c1. The minimum Gasteiger partial charge on any atom is -0.325 e. The predicted octanol–water partition coefficient (Wildman–Crippen LogP) is 3.29. The first-order valence-electron chi connectivity index (χ1n) is 7.49. The summed E-state index contributed by atoms with van der Waals surface area (Å²) >= 11 is 1.31. The average Bonchev–Trinajstić information content (AvgIpc) is 3.04. The molecule has 0 aliphatic heterocycles. The standard InChI is InChI=1S/C17H17N5OS/c1-11-4-3-5-14(10-11)19-16(23)12(2)24-17-20-15(21-22-17)13-6-8-18-9-7-13/h3-10,12H,1-2H3,(H,19,23)(H,20,21,22)/t12-/m1/s1. The monoisotopic (exact) mass is 339 g/mol. The summed E-state index contributed by atoms with van der Waals surface area (Å²) in [5.41, 5.74) is 2.80. The fourth-order valence-corrected chi connectivity index (χ4v) is 2.84. The van der Waals surface area contributed by atoms with Crippen molar-refractivity contribution in [2.45, 2.75) is 24.3 Å². The highest BCUT2D eigenvalue weighted by Crippen LogP contribution is 2.23. The summed E-state index contributed by atoms with van der Waals surface area (Å²) in [5.74, 6) is 0.576. The van der Waals surface area contributed by atoms with E-state index in [-0.39, 0.29) is 11.2 Å². The molecule has 0 spiro atoms. The van der Waals surface area contributed by atoms with Crippen LogP contribution in [0.4, 0.5) is 5.69 Å². The number of hydrogen-bond acceptors (Lipinski definition) is 5. The molecule has 0 saturated carbocycles. The minimum atomic E-state index is -0.313. The Labute approximate surface area is 144 Å². The van der Waals surface area contributed by atoms with E-state index in [4.69, 9.17) is 0 Å². The average molecular weight is 339 g/mol. The number of carbonyl (C=O) groups excluding carboxylic acids is 1. The summed E-state index contributed by atoms with van der Waals surface area (Å²) in [4.78, 5) is 20.7. The predicted molar refractivity (Wildman–Crippen MR) is 94.7 cm³/mol. The topological polar surface area (TPSA) is 83.6 Å². The summed E-state index contributed by atoms with van der Waals surface area (Å²) in [7, 11) is 0. The summed E-state index contributed by atoms with van der Waals surface area (Å²) in [6, 6.07) is 11.4. The van der Waals surface area contributed by atoms with Gasteiger partial charge in [-0.3, -0.25) is 14.9 Å². The zero-order chi connectivity index (χ0) is 16.9. The number of thioether (sulfide) groups is 1. The molecule has 0 unspecified atom stereocenters. The van der Waals surface area contributed by atoms with Gasteiger partial charge in [0.1, 0.15) is 0 Å². The van der Waals surface area contributed by atoms with Gasteiger partial charge in [0.15, 0.2) is 5.82 Å². The molecule has 2 heterocycles. The van der Waals surface area contributed by atoms with Crippen molar-refractivity contribution in [1.82, 2.24) is 20.2 Å². The van der Waals surface area contributed by atoms with E-state index in [9.17, 15) is 4.79 Å². The Morgan fingerprint density at radius 2 is 2.04 bits per heavy atom. The van der Waals surface area contributed by atoms with Crippen molar-refractivity contribution in [1.29, 1.82) is 0 Å². The van der Waals surface area contributed by atoms with Crippen molar-refractivity contribution in [3.8, 4) is 11.4 Å². The van der Waals surface area contributed by atoms with Gasteiger partial charge in [0.25, 0.3) is 0 Å². The molecule has 1 atom stereocenters. The number of H-pyrrole nitrogens is 1. The van der Waals surface area contributed by atoms with E-state index in [0.717, 1.165) is 16.8 Å². The fourth-order valence-electron chi connectivity index (χ4n) is 2.12. The van der Waals surface area contributed by atoms with Gasteiger partial charge in [0.2, 0.25) is 11.1 Å². The number of pyridine rings is 1. The maximum atomic E-state index is 12.3. The van der Waals surface area contributed by atoms with Crippen molar-refractivity contribution in [2.24, 2.45) is 0 Å². The summed E-state index contributed by atoms with van der Waals surface area (Å²) in [5, 5.41) is 10.2. The molecule has 1 aromatic carbocycles. The second kappa shape index (κ2) is 7.27. The maximum absolute atomic E-state index is 12.3. The number of rotatable bonds is 5. The van der Waals surface area contributed by atoms with Gasteiger partial charge >= 0.3 is 0 Å². The zero-order valence-corrected chi connectivity index (χ0v) is 14.2. The third-order valence-corrected chi connectivity index (χ3v) is 4.32. The van der Waals surface area contributed by atoms with Crippen LogP contribution in [0.3, 0.4) is 0 Å². The first kappa shape index (κ1) is 16.2. The van der Waals surface area contributed by atoms with E-state index in [1.54, 1.807) is 12.4 Å². The van der Waals surface area contributed by atoms with Gasteiger partial charge in [-0.05, 0) is 43.7 Å². The van der Waals surface area contributed by atoms with Crippen LogP contribution in [-0.4, -0.2) is 31.3 Å². The lowest BCUT2D eigenvalue weighted by Gasteiger charge is -2.10. The highest BCUT2D eigenvalue weighted by molar-refractivity contribution is 8.00. The molecule has 2 aromatic heterocycles. The number of anilines is 1. The van der Waals surface area contributed by atoms with Crippen molar-refractivity contribution in [3.63, 3.8) is 0 Å². The number of nitrogens with zero attached hydrogens (tertiary/aromatic N) is 3. The van der Waals surface area contributed by atoms with Crippen LogP contribution in [0, 0.1) is 6.92 Å². The smallest absolute Gasteiger partial charge is 0.237 e. The van der Waals surface area contributed by atoms with Crippen molar-refractivity contribution in [3.05, 3.63) is 54.4 Å². The Kier molecular flexibility index (Phi) is 4.90. The first-order valence-corrected chi connectivity index (χ1v) is 8.37. The lowest BCUT2D eigenvalue weighted by Crippen LogP contribution is -2.22. The molecule has 7 heteroatoms. The molecule has 0 bridgehead atoms. The Bertz CT molecular complexity index is 834. The van der Waals surface area contributed by atoms with Gasteiger partial charge in [-0.2, -0.15) is 0 Å². The molecular formula is C17H17N5OS. The van der Waals surface area contributed by atoms with Crippen LogP contribution in [0.1, 0.15) is 12.5 Å². The van der Waals surface area contributed by atoms with Crippen LogP contribution < -0.4 is 5.32 Å². The molecule has 24 heavy (non-hydrogen) atoms. The number of aromatic amines is 1. The largest absolute Gasteiger partial charge is 0.325 e. The molecule has 0 aliphatic rings. The zero-order valence-electron chi connectivity index (χ0n) is 13.4. The van der Waals surface area contributed by atoms with E-state index in [0.29, 0.717) is 11.0 Å². The molecule has 0 fully saturated rings. The number of nitrogens with one attached hydrogen (secondary N) is 2. The molecule has 122 valence electrons. The molecule has 0 radical (unpaired) electrons. The van der Waals surface area contributed by atoms with E-state index in [2.05, 4.69) is 25.5 Å². The molecule has 6 nitrogen and oxygen atoms in total. The van der Waals surface area contributed by atoms with E-state index in [1.165, 1.54) is 11.8 Å². The van der Waals surface area contributed by atoms with Gasteiger partial charge in [0.05, 0.1) is 5.25 Å². The normalized spacial score (nSPS) is 11.9. The van der Waals surface area contributed by atoms with Gasteiger partial charge in [-0.15, -0.1) is 5.10 Å².